The maximum atomic E-state index is 12.3. The summed E-state index contributed by atoms with van der Waals surface area (Å²) in [6.45, 7) is 5.37. The van der Waals surface area contributed by atoms with Crippen molar-refractivity contribution in [3.63, 3.8) is 0 Å². The summed E-state index contributed by atoms with van der Waals surface area (Å²) in [5.41, 5.74) is 1.92. The molecule has 0 radical (unpaired) electrons. The van der Waals surface area contributed by atoms with Crippen molar-refractivity contribution in [2.24, 2.45) is 0 Å². The fourth-order valence-electron chi connectivity index (χ4n) is 2.84. The molecule has 0 aliphatic carbocycles. The molecule has 0 unspecified atom stereocenters. The van der Waals surface area contributed by atoms with Crippen molar-refractivity contribution in [2.45, 2.75) is 43.4 Å². The summed E-state index contributed by atoms with van der Waals surface area (Å²) in [4.78, 5) is 32.4. The molecule has 2 amide bonds. The van der Waals surface area contributed by atoms with E-state index in [0.717, 1.165) is 16.1 Å². The molecule has 1 aromatic heterocycles. The predicted octanol–water partition coefficient (Wildman–Crippen LogP) is 3.95. The minimum atomic E-state index is -0.335. The van der Waals surface area contributed by atoms with Crippen LogP contribution in [0.15, 0.2) is 29.2 Å². The molecule has 27 heavy (non-hydrogen) atoms. The van der Waals surface area contributed by atoms with Crippen molar-refractivity contribution in [3.8, 4) is 0 Å². The molecule has 0 spiro atoms. The van der Waals surface area contributed by atoms with Crippen LogP contribution in [-0.4, -0.2) is 40.8 Å². The Bertz CT molecular complexity index is 818. The fraction of sp³-hybridized carbons (Fsp3) is 0.421. The molecule has 0 fully saturated rings. The summed E-state index contributed by atoms with van der Waals surface area (Å²) >= 11 is 3.22. The zero-order valence-electron chi connectivity index (χ0n) is 15.7. The second kappa shape index (κ2) is 8.75. The number of amides is 2. The molecule has 3 rings (SSSR count). The second-order valence-corrected chi connectivity index (χ2v) is 9.30. The molecule has 6 nitrogen and oxygen atoms in total. The van der Waals surface area contributed by atoms with Crippen LogP contribution < -0.4 is 5.32 Å². The number of rotatable bonds is 5. The molecular weight excluding hydrogens is 382 g/mol. The van der Waals surface area contributed by atoms with Gasteiger partial charge in [0.15, 0.2) is 5.13 Å². The van der Waals surface area contributed by atoms with E-state index in [2.05, 4.69) is 36.3 Å². The average molecular weight is 406 g/mol. The van der Waals surface area contributed by atoms with Gasteiger partial charge in [-0.2, -0.15) is 0 Å². The number of fused-ring (bicyclic) bond motifs is 1. The molecule has 2 aromatic rings. The van der Waals surface area contributed by atoms with Crippen LogP contribution in [-0.2, 0) is 28.9 Å². The number of thioether (sulfide) groups is 1. The van der Waals surface area contributed by atoms with E-state index in [1.54, 1.807) is 16.7 Å². The van der Waals surface area contributed by atoms with Gasteiger partial charge in [-0.25, -0.2) is 9.78 Å². The molecule has 1 aromatic carbocycles. The third kappa shape index (κ3) is 5.23. The first-order valence-electron chi connectivity index (χ1n) is 8.81. The summed E-state index contributed by atoms with van der Waals surface area (Å²) in [5, 5.41) is 4.00. The zero-order chi connectivity index (χ0) is 19.4. The normalized spacial score (nSPS) is 13.4. The van der Waals surface area contributed by atoms with E-state index in [0.29, 0.717) is 36.3 Å². The number of carbonyl (C=O) groups excluding carboxylic acids is 2. The highest BCUT2D eigenvalue weighted by Gasteiger charge is 2.24. The van der Waals surface area contributed by atoms with Gasteiger partial charge in [-0.1, -0.05) is 37.3 Å². The van der Waals surface area contributed by atoms with Crippen LogP contribution >= 0.6 is 23.1 Å². The van der Waals surface area contributed by atoms with Crippen molar-refractivity contribution in [1.29, 1.82) is 0 Å². The third-order valence-electron chi connectivity index (χ3n) is 4.07. The number of nitrogens with zero attached hydrogens (tertiary/aromatic N) is 2. The lowest BCUT2D eigenvalue weighted by Gasteiger charge is -2.24. The van der Waals surface area contributed by atoms with Crippen LogP contribution in [0.3, 0.4) is 0 Å². The lowest BCUT2D eigenvalue weighted by atomic mass is 10.1. The molecule has 0 bridgehead atoms. The lowest BCUT2D eigenvalue weighted by molar-refractivity contribution is -0.115. The number of hydrogen-bond acceptors (Lipinski definition) is 6. The Morgan fingerprint density at radius 3 is 2.74 bits per heavy atom. The first-order valence-corrected chi connectivity index (χ1v) is 10.5. The van der Waals surface area contributed by atoms with Gasteiger partial charge in [-0.15, -0.1) is 11.8 Å². The molecule has 1 aliphatic heterocycles. The number of hydrogen-bond donors (Lipinski definition) is 1. The third-order valence-corrected chi connectivity index (χ3v) is 6.08. The van der Waals surface area contributed by atoms with Crippen LogP contribution in [0, 0.1) is 0 Å². The largest absolute Gasteiger partial charge is 0.453 e. The van der Waals surface area contributed by atoms with Crippen LogP contribution in [0.4, 0.5) is 9.93 Å². The number of aromatic nitrogens is 1. The Hall–Kier alpha value is -2.06. The Labute approximate surface area is 167 Å². The van der Waals surface area contributed by atoms with Gasteiger partial charge in [0.05, 0.1) is 25.8 Å². The molecule has 1 N–H and O–H groups in total. The van der Waals surface area contributed by atoms with Crippen molar-refractivity contribution >= 4 is 40.2 Å². The van der Waals surface area contributed by atoms with Gasteiger partial charge < -0.3 is 15.0 Å². The first kappa shape index (κ1) is 19.7. The minimum Gasteiger partial charge on any atom is -0.453 e. The van der Waals surface area contributed by atoms with Crippen LogP contribution in [0.1, 0.15) is 30.0 Å². The molecule has 2 heterocycles. The minimum absolute atomic E-state index is 0.0878. The topological polar surface area (TPSA) is 71.5 Å². The van der Waals surface area contributed by atoms with E-state index in [-0.39, 0.29) is 12.0 Å². The summed E-state index contributed by atoms with van der Waals surface area (Å²) in [7, 11) is 1.38. The molecule has 8 heteroatoms. The Balaban J connectivity index is 1.57. The van der Waals surface area contributed by atoms with E-state index in [1.165, 1.54) is 23.3 Å². The van der Waals surface area contributed by atoms with Crippen LogP contribution in [0.25, 0.3) is 0 Å². The van der Waals surface area contributed by atoms with E-state index >= 15 is 0 Å². The van der Waals surface area contributed by atoms with E-state index in [1.807, 2.05) is 12.1 Å². The molecule has 0 saturated carbocycles. The van der Waals surface area contributed by atoms with Gasteiger partial charge in [0.2, 0.25) is 5.91 Å². The number of thiazole rings is 1. The highest BCUT2D eigenvalue weighted by molar-refractivity contribution is 7.99. The zero-order valence-corrected chi connectivity index (χ0v) is 17.3. The average Bonchev–Trinajstić information content (AvgIpc) is 3.03. The smallest absolute Gasteiger partial charge is 0.409 e. The highest BCUT2D eigenvalue weighted by Crippen LogP contribution is 2.29. The Morgan fingerprint density at radius 1 is 1.33 bits per heavy atom. The molecule has 1 aliphatic rings. The monoisotopic (exact) mass is 405 g/mol. The number of anilines is 1. The summed E-state index contributed by atoms with van der Waals surface area (Å²) < 4.78 is 4.77. The van der Waals surface area contributed by atoms with E-state index in [4.69, 9.17) is 4.74 Å². The summed E-state index contributed by atoms with van der Waals surface area (Å²) in [5.74, 6) is -0.0878. The molecule has 0 atom stereocenters. The lowest BCUT2D eigenvalue weighted by Crippen LogP contribution is -2.35. The number of benzene rings is 1. The number of nitrogens with one attached hydrogen (secondary N) is 1. The SMILES string of the molecule is COC(=O)N1CCc2nc(NC(=O)Cc3ccc(SC(C)C)cc3)sc2C1. The highest BCUT2D eigenvalue weighted by atomic mass is 32.2. The number of methoxy groups -OCH3 is 1. The van der Waals surface area contributed by atoms with Gasteiger partial charge in [-0.3, -0.25) is 4.79 Å². The van der Waals surface area contributed by atoms with Crippen molar-refractivity contribution in [1.82, 2.24) is 9.88 Å². The van der Waals surface area contributed by atoms with E-state index < -0.39 is 0 Å². The quantitative estimate of drug-likeness (QED) is 0.763. The summed E-state index contributed by atoms with van der Waals surface area (Å²) in [6.07, 6.45) is 0.649. The van der Waals surface area contributed by atoms with Crippen LogP contribution in [0.5, 0.6) is 0 Å². The van der Waals surface area contributed by atoms with Gasteiger partial charge in [-0.05, 0) is 17.7 Å². The van der Waals surface area contributed by atoms with Gasteiger partial charge in [0.1, 0.15) is 0 Å². The number of ether oxygens (including phenoxy) is 1. The predicted molar refractivity (Wildman–Crippen MR) is 108 cm³/mol. The summed E-state index contributed by atoms with van der Waals surface area (Å²) in [6, 6.07) is 8.09. The standard InChI is InChI=1S/C19H23N3O3S2/c1-12(2)26-14-6-4-13(5-7-14)10-17(23)21-18-20-15-8-9-22(19(24)25-3)11-16(15)27-18/h4-7,12H,8-11H2,1-3H3,(H,20,21,23). The molecule has 0 saturated heterocycles. The fourth-order valence-corrected chi connectivity index (χ4v) is 4.72. The van der Waals surface area contributed by atoms with Gasteiger partial charge in [0.25, 0.3) is 0 Å². The van der Waals surface area contributed by atoms with Crippen molar-refractivity contribution in [3.05, 3.63) is 40.4 Å². The van der Waals surface area contributed by atoms with Gasteiger partial charge in [0, 0.05) is 28.0 Å². The second-order valence-electron chi connectivity index (χ2n) is 6.57. The molecular formula is C19H23N3O3S2. The number of carbonyl (C=O) groups is 2. The molecule has 144 valence electrons. The van der Waals surface area contributed by atoms with Crippen LogP contribution in [0.2, 0.25) is 0 Å². The van der Waals surface area contributed by atoms with Crippen molar-refractivity contribution in [2.75, 3.05) is 19.0 Å². The van der Waals surface area contributed by atoms with Gasteiger partial charge >= 0.3 is 6.09 Å². The van der Waals surface area contributed by atoms with E-state index in [9.17, 15) is 9.59 Å². The Morgan fingerprint density at radius 2 is 2.07 bits per heavy atom. The first-order chi connectivity index (χ1) is 12.9. The maximum absolute atomic E-state index is 12.3. The van der Waals surface area contributed by atoms with Crippen molar-refractivity contribution < 1.29 is 14.3 Å². The Kier molecular flexibility index (Phi) is 6.38. The maximum Gasteiger partial charge on any atom is 0.409 e.